The van der Waals surface area contributed by atoms with Gasteiger partial charge in [0.05, 0.1) is 11.4 Å². The van der Waals surface area contributed by atoms with E-state index in [-0.39, 0.29) is 11.6 Å². The van der Waals surface area contributed by atoms with Gasteiger partial charge in [-0.3, -0.25) is 9.59 Å². The summed E-state index contributed by atoms with van der Waals surface area (Å²) < 4.78 is 3.37. The van der Waals surface area contributed by atoms with E-state index in [4.69, 9.17) is 0 Å². The summed E-state index contributed by atoms with van der Waals surface area (Å²) in [5.74, 6) is 0.00891. The Hall–Kier alpha value is -8.38. The van der Waals surface area contributed by atoms with Crippen LogP contribution in [0.25, 0.3) is 33.2 Å². The largest absolute Gasteiger partial charge is 0.371 e. The topological polar surface area (TPSA) is 151 Å². The molecule has 0 aliphatic heterocycles. The van der Waals surface area contributed by atoms with E-state index in [0.29, 0.717) is 11.1 Å². The number of aromatic nitrogens is 8. The molecule has 4 aromatic heterocycles. The fraction of sp³-hybridized carbons (Fsp3) is 0.0417. The molecule has 0 aliphatic rings. The van der Waals surface area contributed by atoms with Crippen LogP contribution in [0.3, 0.4) is 0 Å². The van der Waals surface area contributed by atoms with Gasteiger partial charge in [0.2, 0.25) is 0 Å². The SMILES string of the molecule is O=C(c1c[nH]c2ccccc12)C(Nc1cccc(-n2cncn2)c1)c1ccccc1.O=C(c1c[nH]c2ccccc12)C(Nc1cccc(-n2cncn2)c1)c1ccccc1. The summed E-state index contributed by atoms with van der Waals surface area (Å²) in [6.07, 6.45) is 9.85. The summed E-state index contributed by atoms with van der Waals surface area (Å²) in [6, 6.07) is 49.7. The van der Waals surface area contributed by atoms with Crippen LogP contribution in [0.15, 0.2) is 195 Å². The molecule has 2 unspecified atom stereocenters. The molecule has 0 aliphatic carbocycles. The van der Waals surface area contributed by atoms with Crippen molar-refractivity contribution in [3.8, 4) is 11.4 Å². The molecule has 0 saturated heterocycles. The minimum atomic E-state index is -0.531. The summed E-state index contributed by atoms with van der Waals surface area (Å²) in [7, 11) is 0. The molecular formula is C48H38N10O2. The minimum absolute atomic E-state index is 0.00445. The molecule has 12 heteroatoms. The first-order valence-corrected chi connectivity index (χ1v) is 19.3. The highest BCUT2D eigenvalue weighted by Gasteiger charge is 2.26. The lowest BCUT2D eigenvalue weighted by Gasteiger charge is -2.20. The highest BCUT2D eigenvalue weighted by atomic mass is 16.1. The van der Waals surface area contributed by atoms with E-state index < -0.39 is 12.1 Å². The number of rotatable bonds is 12. The van der Waals surface area contributed by atoms with Crippen LogP contribution in [-0.4, -0.2) is 51.1 Å². The molecule has 10 aromatic rings. The smallest absolute Gasteiger partial charge is 0.191 e. The fourth-order valence-electron chi connectivity index (χ4n) is 7.25. The Morgan fingerprint density at radius 3 is 1.32 bits per heavy atom. The molecule has 0 saturated carbocycles. The highest BCUT2D eigenvalue weighted by molar-refractivity contribution is 6.12. The Balaban J connectivity index is 0.000000154. The van der Waals surface area contributed by atoms with Crippen molar-refractivity contribution in [2.75, 3.05) is 10.6 Å². The predicted molar refractivity (Wildman–Crippen MR) is 234 cm³/mol. The van der Waals surface area contributed by atoms with Crippen LogP contribution in [0.5, 0.6) is 0 Å². The predicted octanol–water partition coefficient (Wildman–Crippen LogP) is 9.57. The summed E-state index contributed by atoms with van der Waals surface area (Å²) in [6.45, 7) is 0. The number of nitrogens with zero attached hydrogens (tertiary/aromatic N) is 6. The summed E-state index contributed by atoms with van der Waals surface area (Å²) in [4.78, 5) is 41.7. The van der Waals surface area contributed by atoms with Crippen LogP contribution in [-0.2, 0) is 0 Å². The van der Waals surface area contributed by atoms with E-state index in [2.05, 4.69) is 40.8 Å². The third kappa shape index (κ3) is 7.93. The number of anilines is 2. The van der Waals surface area contributed by atoms with Gasteiger partial charge in [0.15, 0.2) is 11.6 Å². The van der Waals surface area contributed by atoms with E-state index in [9.17, 15) is 9.59 Å². The van der Waals surface area contributed by atoms with Gasteiger partial charge in [-0.05, 0) is 59.7 Å². The zero-order valence-electron chi connectivity index (χ0n) is 32.1. The number of H-pyrrole nitrogens is 2. The van der Waals surface area contributed by atoms with E-state index >= 15 is 0 Å². The Morgan fingerprint density at radius 1 is 0.483 bits per heavy atom. The number of para-hydroxylation sites is 2. The fourth-order valence-corrected chi connectivity index (χ4v) is 7.25. The maximum Gasteiger partial charge on any atom is 0.191 e. The summed E-state index contributed by atoms with van der Waals surface area (Å²) in [5.41, 5.74) is 8.40. The number of nitrogens with one attached hydrogen (secondary N) is 4. The molecule has 0 fully saturated rings. The third-order valence-corrected chi connectivity index (χ3v) is 10.2. The monoisotopic (exact) mass is 786 g/mol. The van der Waals surface area contributed by atoms with Crippen molar-refractivity contribution in [2.24, 2.45) is 0 Å². The number of hydrogen-bond acceptors (Lipinski definition) is 8. The van der Waals surface area contributed by atoms with Gasteiger partial charge in [0.25, 0.3) is 0 Å². The van der Waals surface area contributed by atoms with Gasteiger partial charge >= 0.3 is 0 Å². The molecule has 292 valence electrons. The molecule has 6 aromatic carbocycles. The number of ketones is 2. The zero-order valence-corrected chi connectivity index (χ0v) is 32.1. The number of fused-ring (bicyclic) bond motifs is 2. The molecule has 4 heterocycles. The molecule has 4 N–H and O–H groups in total. The number of carbonyl (C=O) groups excluding carboxylic acids is 2. The number of carbonyl (C=O) groups is 2. The van der Waals surface area contributed by atoms with Crippen molar-refractivity contribution in [3.63, 3.8) is 0 Å². The van der Waals surface area contributed by atoms with Crippen LogP contribution < -0.4 is 10.6 Å². The van der Waals surface area contributed by atoms with E-state index in [0.717, 1.165) is 55.7 Å². The second kappa shape index (κ2) is 17.0. The standard InChI is InChI=1S/2C24H19N5O/c2*30-24(21-14-26-22-12-5-4-11-20(21)22)23(17-7-2-1-3-8-17)28-18-9-6-10-19(13-18)29-16-25-15-27-29/h2*1-16,23,26,28H. The van der Waals surface area contributed by atoms with Gasteiger partial charge in [0.1, 0.15) is 37.4 Å². The van der Waals surface area contributed by atoms with Crippen LogP contribution >= 0.6 is 0 Å². The zero-order chi connectivity index (χ0) is 40.7. The lowest BCUT2D eigenvalue weighted by atomic mass is 9.96. The minimum Gasteiger partial charge on any atom is -0.371 e. The van der Waals surface area contributed by atoms with Gasteiger partial charge in [-0.15, -0.1) is 0 Å². The van der Waals surface area contributed by atoms with Gasteiger partial charge in [0, 0.05) is 56.7 Å². The van der Waals surface area contributed by atoms with Gasteiger partial charge in [-0.25, -0.2) is 19.3 Å². The lowest BCUT2D eigenvalue weighted by Crippen LogP contribution is -2.21. The van der Waals surface area contributed by atoms with Crippen LogP contribution in [0.2, 0.25) is 0 Å². The Labute approximate surface area is 344 Å². The van der Waals surface area contributed by atoms with Crippen LogP contribution in [0.4, 0.5) is 11.4 Å². The second-order valence-electron chi connectivity index (χ2n) is 14.0. The van der Waals surface area contributed by atoms with Crippen LogP contribution in [0.1, 0.15) is 43.9 Å². The van der Waals surface area contributed by atoms with Crippen molar-refractivity contribution in [1.29, 1.82) is 0 Å². The Morgan fingerprint density at radius 2 is 0.900 bits per heavy atom. The molecule has 12 nitrogen and oxygen atoms in total. The quantitative estimate of drug-likeness (QED) is 0.0895. The van der Waals surface area contributed by atoms with Crippen molar-refractivity contribution in [2.45, 2.75) is 12.1 Å². The molecule has 60 heavy (non-hydrogen) atoms. The van der Waals surface area contributed by atoms with Crippen molar-refractivity contribution < 1.29 is 9.59 Å². The number of benzene rings is 6. The number of Topliss-reactive ketones (excluding diaryl/α,β-unsaturated/α-hetero) is 2. The Kier molecular flexibility index (Phi) is 10.5. The molecule has 0 spiro atoms. The van der Waals surface area contributed by atoms with Crippen molar-refractivity contribution in [1.82, 2.24) is 39.5 Å². The summed E-state index contributed by atoms with van der Waals surface area (Å²) >= 11 is 0. The number of aromatic amines is 2. The van der Waals surface area contributed by atoms with E-state index in [1.54, 1.807) is 34.4 Å². The second-order valence-corrected chi connectivity index (χ2v) is 14.0. The van der Waals surface area contributed by atoms with E-state index in [1.165, 1.54) is 12.7 Å². The molecule has 0 bridgehead atoms. The van der Waals surface area contributed by atoms with Gasteiger partial charge < -0.3 is 20.6 Å². The first-order valence-electron chi connectivity index (χ1n) is 19.3. The first-order chi connectivity index (χ1) is 29.6. The molecule has 10 rings (SSSR count). The molecular weight excluding hydrogens is 749 g/mol. The average Bonchev–Trinajstić information content (AvgIpc) is 4.16. The maximum absolute atomic E-state index is 13.6. The van der Waals surface area contributed by atoms with Crippen molar-refractivity contribution in [3.05, 3.63) is 218 Å². The maximum atomic E-state index is 13.6. The molecule has 0 amide bonds. The average molecular weight is 787 g/mol. The highest BCUT2D eigenvalue weighted by Crippen LogP contribution is 2.30. The lowest BCUT2D eigenvalue weighted by molar-refractivity contribution is 0.0963. The first kappa shape index (κ1) is 37.2. The van der Waals surface area contributed by atoms with Crippen molar-refractivity contribution >= 4 is 44.7 Å². The van der Waals surface area contributed by atoms with Gasteiger partial charge in [-0.2, -0.15) is 10.2 Å². The van der Waals surface area contributed by atoms with Gasteiger partial charge in [-0.1, -0.05) is 109 Å². The third-order valence-electron chi connectivity index (χ3n) is 10.2. The van der Waals surface area contributed by atoms with Crippen LogP contribution in [0, 0.1) is 0 Å². The normalized spacial score (nSPS) is 12.0. The van der Waals surface area contributed by atoms with E-state index in [1.807, 2.05) is 158 Å². The molecule has 2 atom stereocenters. The molecule has 0 radical (unpaired) electrons. The Bertz CT molecular complexity index is 2790. The summed E-state index contributed by atoms with van der Waals surface area (Å²) in [5, 5.41) is 17.1. The number of hydrogen-bond donors (Lipinski definition) is 4.